The number of hydrogen-bond acceptors (Lipinski definition) is 6. The zero-order chi connectivity index (χ0) is 16.3. The lowest BCUT2D eigenvalue weighted by Crippen LogP contribution is -2.40. The van der Waals surface area contributed by atoms with Gasteiger partial charge in [-0.1, -0.05) is 0 Å². The van der Waals surface area contributed by atoms with Crippen molar-refractivity contribution in [3.8, 4) is 0 Å². The standard InChI is InChI=1S/C14H22N2O4S2/c1-10(2)16(6-8-22(3,18)19)14(17)11-9-21-13(15-11)12-5-4-7-20-12/h9-10,12H,4-8H2,1-3H3. The zero-order valence-electron chi connectivity index (χ0n) is 13.1. The highest BCUT2D eigenvalue weighted by Crippen LogP contribution is 2.30. The van der Waals surface area contributed by atoms with E-state index in [1.807, 2.05) is 13.8 Å². The van der Waals surface area contributed by atoms with E-state index in [0.29, 0.717) is 5.69 Å². The average molecular weight is 346 g/mol. The molecule has 1 aromatic rings. The minimum atomic E-state index is -3.11. The van der Waals surface area contributed by atoms with Gasteiger partial charge in [-0.15, -0.1) is 11.3 Å². The topological polar surface area (TPSA) is 76.6 Å². The van der Waals surface area contributed by atoms with Gasteiger partial charge in [0, 0.05) is 30.8 Å². The molecule has 1 fully saturated rings. The molecule has 124 valence electrons. The van der Waals surface area contributed by atoms with Gasteiger partial charge in [0.1, 0.15) is 26.6 Å². The number of nitrogens with zero attached hydrogens (tertiary/aromatic N) is 2. The molecular formula is C14H22N2O4S2. The van der Waals surface area contributed by atoms with Gasteiger partial charge in [0.15, 0.2) is 0 Å². The summed E-state index contributed by atoms with van der Waals surface area (Å²) in [5, 5.41) is 2.56. The van der Waals surface area contributed by atoms with Crippen LogP contribution in [0, 0.1) is 0 Å². The number of aromatic nitrogens is 1. The quantitative estimate of drug-likeness (QED) is 0.786. The Balaban J connectivity index is 2.09. The van der Waals surface area contributed by atoms with Crippen molar-refractivity contribution in [2.75, 3.05) is 25.2 Å². The Hall–Kier alpha value is -0.990. The summed E-state index contributed by atoms with van der Waals surface area (Å²) >= 11 is 1.43. The van der Waals surface area contributed by atoms with Crippen molar-refractivity contribution >= 4 is 27.1 Å². The first kappa shape index (κ1) is 17.4. The fourth-order valence-corrected chi connectivity index (χ4v) is 3.71. The largest absolute Gasteiger partial charge is 0.371 e. The molecule has 22 heavy (non-hydrogen) atoms. The van der Waals surface area contributed by atoms with E-state index >= 15 is 0 Å². The molecule has 1 aliphatic rings. The predicted molar refractivity (Wildman–Crippen MR) is 85.9 cm³/mol. The average Bonchev–Trinajstić information content (AvgIpc) is 3.08. The number of ether oxygens (including phenoxy) is 1. The Morgan fingerprint density at radius 1 is 1.55 bits per heavy atom. The lowest BCUT2D eigenvalue weighted by molar-refractivity contribution is 0.0711. The molecule has 0 spiro atoms. The minimum absolute atomic E-state index is 0.00457. The van der Waals surface area contributed by atoms with Gasteiger partial charge in [0.25, 0.3) is 5.91 Å². The third-order valence-corrected chi connectivity index (χ3v) is 5.39. The summed E-state index contributed by atoms with van der Waals surface area (Å²) in [5.41, 5.74) is 0.373. The van der Waals surface area contributed by atoms with Crippen LogP contribution in [0.4, 0.5) is 0 Å². The van der Waals surface area contributed by atoms with Crippen LogP contribution in [0.5, 0.6) is 0 Å². The summed E-state index contributed by atoms with van der Waals surface area (Å²) in [6.07, 6.45) is 3.12. The number of sulfone groups is 1. The predicted octanol–water partition coefficient (Wildman–Crippen LogP) is 1.89. The lowest BCUT2D eigenvalue weighted by atomic mass is 10.2. The van der Waals surface area contributed by atoms with Gasteiger partial charge in [-0.05, 0) is 26.7 Å². The fraction of sp³-hybridized carbons (Fsp3) is 0.714. The maximum Gasteiger partial charge on any atom is 0.273 e. The van der Waals surface area contributed by atoms with E-state index in [4.69, 9.17) is 4.74 Å². The number of rotatable bonds is 6. The number of carbonyl (C=O) groups excluding carboxylic acids is 1. The van der Waals surface area contributed by atoms with Crippen LogP contribution in [0.25, 0.3) is 0 Å². The van der Waals surface area contributed by atoms with Gasteiger partial charge in [-0.2, -0.15) is 0 Å². The number of amides is 1. The molecular weight excluding hydrogens is 324 g/mol. The molecule has 0 bridgehead atoms. The summed E-state index contributed by atoms with van der Waals surface area (Å²) in [6.45, 7) is 4.66. The van der Waals surface area contributed by atoms with Crippen molar-refractivity contribution in [2.45, 2.75) is 38.8 Å². The van der Waals surface area contributed by atoms with Crippen LogP contribution in [0.1, 0.15) is 48.3 Å². The van der Waals surface area contributed by atoms with Gasteiger partial charge in [-0.3, -0.25) is 4.79 Å². The molecule has 1 aliphatic heterocycles. The highest BCUT2D eigenvalue weighted by molar-refractivity contribution is 7.90. The fourth-order valence-electron chi connectivity index (χ4n) is 2.31. The van der Waals surface area contributed by atoms with E-state index in [9.17, 15) is 13.2 Å². The molecule has 1 aromatic heterocycles. The molecule has 2 rings (SSSR count). The molecule has 0 aromatic carbocycles. The van der Waals surface area contributed by atoms with Crippen molar-refractivity contribution < 1.29 is 17.9 Å². The van der Waals surface area contributed by atoms with E-state index in [1.54, 1.807) is 10.3 Å². The highest BCUT2D eigenvalue weighted by Gasteiger charge is 2.26. The molecule has 1 atom stereocenters. The van der Waals surface area contributed by atoms with Gasteiger partial charge in [0.2, 0.25) is 0 Å². The van der Waals surface area contributed by atoms with Crippen LogP contribution in [0.2, 0.25) is 0 Å². The number of hydrogen-bond donors (Lipinski definition) is 0. The SMILES string of the molecule is CC(C)N(CCS(C)(=O)=O)C(=O)c1csc(C2CCCO2)n1. The van der Waals surface area contributed by atoms with Gasteiger partial charge < -0.3 is 9.64 Å². The molecule has 6 nitrogen and oxygen atoms in total. The second kappa shape index (κ2) is 7.06. The maximum atomic E-state index is 12.6. The first-order valence-electron chi connectivity index (χ1n) is 7.33. The summed E-state index contributed by atoms with van der Waals surface area (Å²) in [7, 11) is -3.11. The molecule has 1 saturated heterocycles. The van der Waals surface area contributed by atoms with Crippen LogP contribution in [0.3, 0.4) is 0 Å². The third-order valence-electron chi connectivity index (χ3n) is 3.53. The summed E-state index contributed by atoms with van der Waals surface area (Å²) in [5.74, 6) is -0.265. The molecule has 0 radical (unpaired) electrons. The highest BCUT2D eigenvalue weighted by atomic mass is 32.2. The van der Waals surface area contributed by atoms with Crippen LogP contribution in [-0.4, -0.2) is 55.4 Å². The van der Waals surface area contributed by atoms with Crippen molar-refractivity contribution in [1.82, 2.24) is 9.88 Å². The van der Waals surface area contributed by atoms with Crippen molar-refractivity contribution in [3.05, 3.63) is 16.1 Å². The number of carbonyl (C=O) groups is 1. The van der Waals surface area contributed by atoms with E-state index in [2.05, 4.69) is 4.98 Å². The molecule has 0 saturated carbocycles. The van der Waals surface area contributed by atoms with E-state index in [-0.39, 0.29) is 30.4 Å². The third kappa shape index (κ3) is 4.50. The van der Waals surface area contributed by atoms with Crippen LogP contribution >= 0.6 is 11.3 Å². The molecule has 2 heterocycles. The Labute approximate surface area is 135 Å². The zero-order valence-corrected chi connectivity index (χ0v) is 14.7. The Bertz CT molecular complexity index is 619. The normalized spacial score (nSPS) is 18.8. The second-order valence-electron chi connectivity index (χ2n) is 5.79. The lowest BCUT2D eigenvalue weighted by Gasteiger charge is -2.25. The Kier molecular flexibility index (Phi) is 5.57. The van der Waals surface area contributed by atoms with Gasteiger partial charge in [-0.25, -0.2) is 13.4 Å². The molecule has 1 unspecified atom stereocenters. The van der Waals surface area contributed by atoms with Crippen LogP contribution in [-0.2, 0) is 14.6 Å². The number of thiazole rings is 1. The second-order valence-corrected chi connectivity index (χ2v) is 8.94. The summed E-state index contributed by atoms with van der Waals surface area (Å²) < 4.78 is 28.2. The van der Waals surface area contributed by atoms with Crippen molar-refractivity contribution in [2.24, 2.45) is 0 Å². The maximum absolute atomic E-state index is 12.6. The van der Waals surface area contributed by atoms with E-state index in [0.717, 1.165) is 24.5 Å². The first-order chi connectivity index (χ1) is 10.3. The minimum Gasteiger partial charge on any atom is -0.371 e. The van der Waals surface area contributed by atoms with Gasteiger partial charge >= 0.3 is 0 Å². The van der Waals surface area contributed by atoms with Crippen LogP contribution < -0.4 is 0 Å². The smallest absolute Gasteiger partial charge is 0.273 e. The van der Waals surface area contributed by atoms with Crippen molar-refractivity contribution in [1.29, 1.82) is 0 Å². The van der Waals surface area contributed by atoms with Crippen LogP contribution in [0.15, 0.2) is 5.38 Å². The summed E-state index contributed by atoms with van der Waals surface area (Å²) in [6, 6.07) is -0.0814. The monoisotopic (exact) mass is 346 g/mol. The molecule has 0 aliphatic carbocycles. The van der Waals surface area contributed by atoms with E-state index < -0.39 is 9.84 Å². The Morgan fingerprint density at radius 3 is 2.82 bits per heavy atom. The molecule has 1 amide bonds. The molecule has 8 heteroatoms. The van der Waals surface area contributed by atoms with Crippen molar-refractivity contribution in [3.63, 3.8) is 0 Å². The van der Waals surface area contributed by atoms with E-state index in [1.165, 1.54) is 17.6 Å². The van der Waals surface area contributed by atoms with Gasteiger partial charge in [0.05, 0.1) is 5.75 Å². The molecule has 0 N–H and O–H groups in total. The Morgan fingerprint density at radius 2 is 2.27 bits per heavy atom. The first-order valence-corrected chi connectivity index (χ1v) is 10.3. The summed E-state index contributed by atoms with van der Waals surface area (Å²) in [4.78, 5) is 18.5.